The molecule has 2 rings (SSSR count). The van der Waals surface area contributed by atoms with Gasteiger partial charge in [-0.3, -0.25) is 14.9 Å². The number of thiophene rings is 1. The molecule has 0 spiro atoms. The van der Waals surface area contributed by atoms with Crippen molar-refractivity contribution < 1.29 is 18.5 Å². The molecular weight excluding hydrogens is 405 g/mol. The van der Waals surface area contributed by atoms with Crippen LogP contribution in [-0.2, 0) is 0 Å². The van der Waals surface area contributed by atoms with Crippen LogP contribution in [0.15, 0.2) is 23.6 Å². The molecule has 20 heavy (non-hydrogen) atoms. The number of rotatable bonds is 3. The van der Waals surface area contributed by atoms with Gasteiger partial charge in [0, 0.05) is 11.4 Å². The fourth-order valence-corrected chi connectivity index (χ4v) is 2.77. The Morgan fingerprint density at radius 1 is 1.35 bits per heavy atom. The smallest absolute Gasteiger partial charge is 0.298 e. The van der Waals surface area contributed by atoms with E-state index < -0.39 is 33.8 Å². The van der Waals surface area contributed by atoms with E-state index in [1.165, 1.54) is 16.7 Å². The van der Waals surface area contributed by atoms with E-state index in [1.54, 1.807) is 6.07 Å². The average Bonchev–Trinajstić information content (AvgIpc) is 2.78. The molecule has 1 aromatic heterocycles. The number of nitrogens with zero attached hydrogens (tertiary/aromatic N) is 1. The number of carbonyl (C=O) groups is 1. The molecule has 0 radical (unpaired) electrons. The van der Waals surface area contributed by atoms with Crippen LogP contribution in [0, 0.1) is 24.6 Å². The van der Waals surface area contributed by atoms with E-state index in [4.69, 9.17) is 0 Å². The van der Waals surface area contributed by atoms with Gasteiger partial charge in [0.05, 0.1) is 19.4 Å². The van der Waals surface area contributed by atoms with Crippen molar-refractivity contribution in [2.24, 2.45) is 0 Å². The average molecular weight is 410 g/mol. The molecule has 5 nitrogen and oxygen atoms in total. The highest BCUT2D eigenvalue weighted by Crippen LogP contribution is 2.29. The van der Waals surface area contributed by atoms with Gasteiger partial charge in [-0.05, 0) is 28.7 Å². The predicted molar refractivity (Wildman–Crippen MR) is 78.0 cm³/mol. The zero-order valence-corrected chi connectivity index (χ0v) is 12.5. The summed E-state index contributed by atoms with van der Waals surface area (Å²) in [6.07, 6.45) is 0. The second-order valence-electron chi connectivity index (χ2n) is 3.63. The highest BCUT2D eigenvalue weighted by Gasteiger charge is 2.23. The molecule has 9 heteroatoms. The number of amides is 1. The Kier molecular flexibility index (Phi) is 4.28. The number of carbonyl (C=O) groups excluding carboxylic acids is 1. The topological polar surface area (TPSA) is 72.2 Å². The zero-order valence-electron chi connectivity index (χ0n) is 9.52. The molecule has 1 aromatic carbocycles. The molecule has 0 saturated carbocycles. The summed E-state index contributed by atoms with van der Waals surface area (Å²) in [6, 6.07) is 2.57. The number of anilines is 1. The molecular formula is C11H5F2IN2O3S. The van der Waals surface area contributed by atoms with Gasteiger partial charge >= 0.3 is 0 Å². The van der Waals surface area contributed by atoms with Crippen LogP contribution in [0.25, 0.3) is 0 Å². The lowest BCUT2D eigenvalue weighted by Gasteiger charge is -2.06. The number of hydrogen-bond acceptors (Lipinski definition) is 4. The molecule has 0 aliphatic rings. The van der Waals surface area contributed by atoms with E-state index in [0.717, 1.165) is 2.88 Å². The second kappa shape index (κ2) is 5.79. The van der Waals surface area contributed by atoms with Crippen LogP contribution in [0.3, 0.4) is 0 Å². The summed E-state index contributed by atoms with van der Waals surface area (Å²) in [7, 11) is 0. The molecule has 0 bridgehead atoms. The van der Waals surface area contributed by atoms with Crippen LogP contribution in [0.2, 0.25) is 0 Å². The number of benzene rings is 1. The Balaban J connectivity index is 2.38. The lowest BCUT2D eigenvalue weighted by atomic mass is 10.2. The van der Waals surface area contributed by atoms with E-state index in [9.17, 15) is 23.7 Å². The Hall–Kier alpha value is -1.62. The van der Waals surface area contributed by atoms with Gasteiger partial charge in [0.1, 0.15) is 5.82 Å². The number of nitro groups is 1. The molecule has 1 heterocycles. The summed E-state index contributed by atoms with van der Waals surface area (Å²) in [5, 5.41) is 14.4. The minimum Gasteiger partial charge on any atom is -0.314 e. The number of nitro benzene ring substituents is 1. The Morgan fingerprint density at radius 2 is 2.05 bits per heavy atom. The summed E-state index contributed by atoms with van der Waals surface area (Å²) >= 11 is 3.30. The summed E-state index contributed by atoms with van der Waals surface area (Å²) in [6.45, 7) is 0. The van der Waals surface area contributed by atoms with Crippen LogP contribution in [0.4, 0.5) is 20.2 Å². The molecule has 0 atom stereocenters. The third-order valence-electron chi connectivity index (χ3n) is 2.30. The van der Waals surface area contributed by atoms with E-state index in [-0.39, 0.29) is 5.56 Å². The van der Waals surface area contributed by atoms with Gasteiger partial charge in [-0.25, -0.2) is 8.78 Å². The van der Waals surface area contributed by atoms with Crippen LogP contribution in [0.1, 0.15) is 10.4 Å². The van der Waals surface area contributed by atoms with Crippen molar-refractivity contribution >= 4 is 51.2 Å². The van der Waals surface area contributed by atoms with E-state index in [0.29, 0.717) is 12.1 Å². The van der Waals surface area contributed by atoms with Crippen molar-refractivity contribution in [3.05, 3.63) is 53.8 Å². The van der Waals surface area contributed by atoms with Crippen molar-refractivity contribution in [1.29, 1.82) is 0 Å². The van der Waals surface area contributed by atoms with Crippen LogP contribution < -0.4 is 5.32 Å². The lowest BCUT2D eigenvalue weighted by molar-refractivity contribution is -0.384. The standard InChI is InChI=1S/C11H5F2IN2O3S/c12-6-2-7(13)10(8(3-6)16(18)19)15-11(17)5-1-9(14)20-4-5/h1-4H,(H,15,17). The van der Waals surface area contributed by atoms with Gasteiger partial charge in [-0.15, -0.1) is 11.3 Å². The minimum absolute atomic E-state index is 0.248. The molecule has 2 aromatic rings. The summed E-state index contributed by atoms with van der Waals surface area (Å²) in [4.78, 5) is 21.7. The van der Waals surface area contributed by atoms with Crippen molar-refractivity contribution in [3.8, 4) is 0 Å². The van der Waals surface area contributed by atoms with Crippen molar-refractivity contribution in [1.82, 2.24) is 0 Å². The van der Waals surface area contributed by atoms with Crippen LogP contribution in [0.5, 0.6) is 0 Å². The SMILES string of the molecule is O=C(Nc1c(F)cc(F)cc1[N+](=O)[O-])c1csc(I)c1. The molecule has 0 fully saturated rings. The number of nitrogens with one attached hydrogen (secondary N) is 1. The van der Waals surface area contributed by atoms with Crippen LogP contribution >= 0.6 is 33.9 Å². The normalized spacial score (nSPS) is 10.3. The van der Waals surface area contributed by atoms with Gasteiger partial charge < -0.3 is 5.32 Å². The largest absolute Gasteiger partial charge is 0.314 e. The third-order valence-corrected chi connectivity index (χ3v) is 4.09. The van der Waals surface area contributed by atoms with Gasteiger partial charge in [0.15, 0.2) is 11.5 Å². The second-order valence-corrected chi connectivity index (χ2v) is 6.44. The highest BCUT2D eigenvalue weighted by molar-refractivity contribution is 14.1. The van der Waals surface area contributed by atoms with Crippen molar-refractivity contribution in [3.63, 3.8) is 0 Å². The maximum Gasteiger partial charge on any atom is 0.298 e. The Labute approximate surface area is 128 Å². The molecule has 0 aliphatic carbocycles. The van der Waals surface area contributed by atoms with E-state index in [2.05, 4.69) is 5.32 Å². The summed E-state index contributed by atoms with van der Waals surface area (Å²) < 4.78 is 27.4. The summed E-state index contributed by atoms with van der Waals surface area (Å²) in [5.41, 5.74) is -1.24. The van der Waals surface area contributed by atoms with Crippen molar-refractivity contribution in [2.45, 2.75) is 0 Å². The maximum atomic E-state index is 13.6. The molecule has 104 valence electrons. The van der Waals surface area contributed by atoms with E-state index >= 15 is 0 Å². The Morgan fingerprint density at radius 3 is 2.60 bits per heavy atom. The molecule has 1 N–H and O–H groups in total. The first kappa shape index (κ1) is 14.8. The first-order valence-electron chi connectivity index (χ1n) is 5.07. The first-order valence-corrected chi connectivity index (χ1v) is 7.03. The third kappa shape index (κ3) is 3.10. The minimum atomic E-state index is -1.20. The molecule has 1 amide bonds. The molecule has 0 saturated heterocycles. The number of halogens is 3. The van der Waals surface area contributed by atoms with Gasteiger partial charge in [-0.1, -0.05) is 0 Å². The fraction of sp³-hybridized carbons (Fsp3) is 0. The zero-order chi connectivity index (χ0) is 14.9. The number of hydrogen-bond donors (Lipinski definition) is 1. The molecule has 0 unspecified atom stereocenters. The van der Waals surface area contributed by atoms with Gasteiger partial charge in [-0.2, -0.15) is 0 Å². The lowest BCUT2D eigenvalue weighted by Crippen LogP contribution is -2.14. The highest BCUT2D eigenvalue weighted by atomic mass is 127. The predicted octanol–water partition coefficient (Wildman–Crippen LogP) is 3.79. The van der Waals surface area contributed by atoms with Crippen molar-refractivity contribution in [2.75, 3.05) is 5.32 Å². The first-order chi connectivity index (χ1) is 9.38. The maximum absolute atomic E-state index is 13.6. The fourth-order valence-electron chi connectivity index (χ4n) is 1.44. The Bertz CT molecular complexity index is 705. The van der Waals surface area contributed by atoms with Gasteiger partial charge in [0.25, 0.3) is 11.6 Å². The summed E-state index contributed by atoms with van der Waals surface area (Å²) in [5.74, 6) is -2.98. The quantitative estimate of drug-likeness (QED) is 0.476. The van der Waals surface area contributed by atoms with E-state index in [1.807, 2.05) is 22.6 Å². The van der Waals surface area contributed by atoms with Crippen LogP contribution in [-0.4, -0.2) is 10.8 Å². The molecule has 0 aliphatic heterocycles. The van der Waals surface area contributed by atoms with Gasteiger partial charge in [0.2, 0.25) is 0 Å². The monoisotopic (exact) mass is 410 g/mol.